The van der Waals surface area contributed by atoms with Crippen LogP contribution in [0.15, 0.2) is 0 Å². The first-order valence-electron chi connectivity index (χ1n) is 9.41. The predicted molar refractivity (Wildman–Crippen MR) is 95.8 cm³/mol. The lowest BCUT2D eigenvalue weighted by Gasteiger charge is -2.43. The Hall–Kier alpha value is -1.63. The molecule has 0 bridgehead atoms. The molecule has 0 aromatic carbocycles. The summed E-state index contributed by atoms with van der Waals surface area (Å²) >= 11 is 0. The first kappa shape index (κ1) is 19.7. The number of hydrogen-bond acceptors (Lipinski definition) is 4. The highest BCUT2D eigenvalue weighted by Gasteiger charge is 2.45. The van der Waals surface area contributed by atoms with Crippen LogP contribution < -0.4 is 10.6 Å². The highest BCUT2D eigenvalue weighted by molar-refractivity contribution is 5.85. The molecule has 7 heteroatoms. The Kier molecular flexibility index (Phi) is 6.81. The fourth-order valence-corrected chi connectivity index (χ4v) is 4.03. The van der Waals surface area contributed by atoms with Gasteiger partial charge in [-0.3, -0.25) is 19.3 Å². The second-order valence-electron chi connectivity index (χ2n) is 7.37. The number of carbonyl (C=O) groups excluding carboxylic acids is 3. The van der Waals surface area contributed by atoms with Crippen molar-refractivity contribution in [1.82, 2.24) is 20.4 Å². The number of amides is 3. The molecule has 7 nitrogen and oxygen atoms in total. The van der Waals surface area contributed by atoms with Crippen molar-refractivity contribution < 1.29 is 14.4 Å². The molecule has 0 radical (unpaired) electrons. The highest BCUT2D eigenvalue weighted by atomic mass is 16.2. The predicted octanol–water partition coefficient (Wildman–Crippen LogP) is 0.349. The number of piperazine rings is 1. The molecule has 25 heavy (non-hydrogen) atoms. The molecule has 0 aliphatic carbocycles. The number of carbonyl (C=O) groups is 3. The smallest absolute Gasteiger partial charge is 0.242 e. The van der Waals surface area contributed by atoms with Gasteiger partial charge >= 0.3 is 0 Å². The second-order valence-corrected chi connectivity index (χ2v) is 7.37. The Morgan fingerprint density at radius 2 is 1.84 bits per heavy atom. The van der Waals surface area contributed by atoms with Gasteiger partial charge in [0.15, 0.2) is 0 Å². The van der Waals surface area contributed by atoms with E-state index in [0.717, 1.165) is 32.4 Å². The molecule has 0 aromatic heterocycles. The van der Waals surface area contributed by atoms with Gasteiger partial charge < -0.3 is 15.5 Å². The summed E-state index contributed by atoms with van der Waals surface area (Å²) < 4.78 is 0. The molecule has 3 amide bonds. The standard InChI is InChI=1S/C18H32N4O3/c1-5-14(6-2)9-21-11-16-7-15(20-13(4)24)10-22(16)18(25)17(21)8-19-12(3)23/h14-17H,5-11H2,1-4H3,(H,19,23)(H,20,24)/t15-,16-,17-/m0/s1. The Bertz CT molecular complexity index is 507. The summed E-state index contributed by atoms with van der Waals surface area (Å²) in [6.07, 6.45) is 2.96. The van der Waals surface area contributed by atoms with Crippen molar-refractivity contribution in [3.8, 4) is 0 Å². The molecule has 0 aromatic rings. The first-order chi connectivity index (χ1) is 11.8. The SMILES string of the molecule is CCC(CC)CN1C[C@@H]2C[C@H](NC(C)=O)CN2C(=O)[C@@H]1CNC(C)=O. The van der Waals surface area contributed by atoms with Crippen LogP contribution in [0.4, 0.5) is 0 Å². The van der Waals surface area contributed by atoms with Crippen LogP contribution in [0, 0.1) is 5.92 Å². The van der Waals surface area contributed by atoms with Crippen molar-refractivity contribution in [3.05, 3.63) is 0 Å². The zero-order chi connectivity index (χ0) is 18.6. The van der Waals surface area contributed by atoms with Gasteiger partial charge in [-0.25, -0.2) is 0 Å². The third kappa shape index (κ3) is 4.93. The van der Waals surface area contributed by atoms with Crippen molar-refractivity contribution in [3.63, 3.8) is 0 Å². The van der Waals surface area contributed by atoms with Gasteiger partial charge in [0, 0.05) is 52.1 Å². The molecule has 2 rings (SSSR count). The number of nitrogens with zero attached hydrogens (tertiary/aromatic N) is 2. The maximum absolute atomic E-state index is 13.0. The molecule has 2 heterocycles. The van der Waals surface area contributed by atoms with Gasteiger partial charge in [-0.15, -0.1) is 0 Å². The van der Waals surface area contributed by atoms with E-state index in [1.165, 1.54) is 13.8 Å². The molecule has 2 aliphatic rings. The minimum absolute atomic E-state index is 0.0287. The number of rotatable bonds is 7. The highest BCUT2D eigenvalue weighted by Crippen LogP contribution is 2.27. The second kappa shape index (κ2) is 8.65. The average molecular weight is 352 g/mol. The van der Waals surface area contributed by atoms with E-state index in [1.807, 2.05) is 4.90 Å². The van der Waals surface area contributed by atoms with E-state index in [4.69, 9.17) is 0 Å². The summed E-state index contributed by atoms with van der Waals surface area (Å²) in [5, 5.41) is 5.75. The van der Waals surface area contributed by atoms with Crippen LogP contribution in [0.3, 0.4) is 0 Å². The Balaban J connectivity index is 2.12. The van der Waals surface area contributed by atoms with Crippen LogP contribution in [0.25, 0.3) is 0 Å². The summed E-state index contributed by atoms with van der Waals surface area (Å²) in [7, 11) is 0. The number of nitrogens with one attached hydrogen (secondary N) is 2. The normalized spacial score (nSPS) is 26.7. The largest absolute Gasteiger partial charge is 0.354 e. The fraction of sp³-hybridized carbons (Fsp3) is 0.833. The summed E-state index contributed by atoms with van der Waals surface area (Å²) in [5.74, 6) is 0.450. The zero-order valence-electron chi connectivity index (χ0n) is 15.9. The molecular weight excluding hydrogens is 320 g/mol. The van der Waals surface area contributed by atoms with Gasteiger partial charge in [0.25, 0.3) is 0 Å². The number of fused-ring (bicyclic) bond motifs is 1. The monoisotopic (exact) mass is 352 g/mol. The maximum atomic E-state index is 13.0. The molecule has 0 unspecified atom stereocenters. The van der Waals surface area contributed by atoms with E-state index < -0.39 is 0 Å². The van der Waals surface area contributed by atoms with Gasteiger partial charge in [0.2, 0.25) is 17.7 Å². The minimum Gasteiger partial charge on any atom is -0.354 e. The molecule has 0 spiro atoms. The third-order valence-electron chi connectivity index (χ3n) is 5.47. The van der Waals surface area contributed by atoms with Gasteiger partial charge in [-0.2, -0.15) is 0 Å². The first-order valence-corrected chi connectivity index (χ1v) is 9.41. The quantitative estimate of drug-likeness (QED) is 0.693. The van der Waals surface area contributed by atoms with Crippen LogP contribution >= 0.6 is 0 Å². The molecule has 2 aliphatic heterocycles. The lowest BCUT2D eigenvalue weighted by molar-refractivity contribution is -0.144. The summed E-state index contributed by atoms with van der Waals surface area (Å²) in [6.45, 7) is 9.94. The summed E-state index contributed by atoms with van der Waals surface area (Å²) in [5.41, 5.74) is 0. The van der Waals surface area contributed by atoms with E-state index in [0.29, 0.717) is 19.0 Å². The average Bonchev–Trinajstić information content (AvgIpc) is 2.93. The van der Waals surface area contributed by atoms with Crippen molar-refractivity contribution in [2.75, 3.05) is 26.2 Å². The summed E-state index contributed by atoms with van der Waals surface area (Å²) in [6, 6.07) is -0.134. The van der Waals surface area contributed by atoms with Crippen molar-refractivity contribution >= 4 is 17.7 Å². The van der Waals surface area contributed by atoms with Gasteiger partial charge in [0.05, 0.1) is 0 Å². The van der Waals surface area contributed by atoms with Crippen molar-refractivity contribution in [2.24, 2.45) is 5.92 Å². The molecule has 142 valence electrons. The Morgan fingerprint density at radius 1 is 1.16 bits per heavy atom. The topological polar surface area (TPSA) is 81.8 Å². The van der Waals surface area contributed by atoms with E-state index >= 15 is 0 Å². The number of hydrogen-bond donors (Lipinski definition) is 2. The van der Waals surface area contributed by atoms with Crippen LogP contribution in [-0.2, 0) is 14.4 Å². The fourth-order valence-electron chi connectivity index (χ4n) is 4.03. The van der Waals surface area contributed by atoms with Crippen LogP contribution in [0.1, 0.15) is 47.0 Å². The minimum atomic E-state index is -0.308. The van der Waals surface area contributed by atoms with E-state index in [2.05, 4.69) is 29.4 Å². The van der Waals surface area contributed by atoms with Crippen LogP contribution in [0.5, 0.6) is 0 Å². The third-order valence-corrected chi connectivity index (χ3v) is 5.47. The van der Waals surface area contributed by atoms with Crippen molar-refractivity contribution in [1.29, 1.82) is 0 Å². The molecule has 0 saturated carbocycles. The van der Waals surface area contributed by atoms with Crippen molar-refractivity contribution in [2.45, 2.75) is 65.1 Å². The summed E-state index contributed by atoms with van der Waals surface area (Å²) in [4.78, 5) is 39.9. The molecule has 2 N–H and O–H groups in total. The van der Waals surface area contributed by atoms with E-state index in [9.17, 15) is 14.4 Å². The van der Waals surface area contributed by atoms with Gasteiger partial charge in [0.1, 0.15) is 6.04 Å². The van der Waals surface area contributed by atoms with E-state index in [-0.39, 0.29) is 35.8 Å². The van der Waals surface area contributed by atoms with Crippen LogP contribution in [0.2, 0.25) is 0 Å². The molecule has 2 fully saturated rings. The van der Waals surface area contributed by atoms with Gasteiger partial charge in [-0.05, 0) is 12.3 Å². The zero-order valence-corrected chi connectivity index (χ0v) is 15.9. The van der Waals surface area contributed by atoms with Crippen LogP contribution in [-0.4, -0.2) is 71.8 Å². The molecule has 3 atom stereocenters. The van der Waals surface area contributed by atoms with E-state index in [1.54, 1.807) is 0 Å². The molecular formula is C18H32N4O3. The maximum Gasteiger partial charge on any atom is 0.242 e. The lowest BCUT2D eigenvalue weighted by Crippen LogP contribution is -2.63. The molecule has 2 saturated heterocycles. The van der Waals surface area contributed by atoms with Gasteiger partial charge in [-0.1, -0.05) is 26.7 Å². The Labute approximate surface area is 150 Å². The lowest BCUT2D eigenvalue weighted by atomic mass is 9.98. The Morgan fingerprint density at radius 3 is 2.40 bits per heavy atom.